The molecule has 0 saturated carbocycles. The number of carbonyl (C=O) groups is 2. The number of nitrogens with one attached hydrogen (secondary N) is 2. The Labute approximate surface area is 110 Å². The summed E-state index contributed by atoms with van der Waals surface area (Å²) in [6, 6.07) is 3.82. The number of carboxylic acid groups (broad SMARTS) is 1. The second-order valence-corrected chi connectivity index (χ2v) is 4.19. The Bertz CT molecular complexity index is 477. The molecule has 6 heteroatoms. The van der Waals surface area contributed by atoms with Crippen LogP contribution in [0.4, 0.5) is 14.9 Å². The van der Waals surface area contributed by atoms with Gasteiger partial charge in [0.1, 0.15) is 5.82 Å². The number of benzene rings is 1. The minimum atomic E-state index is -0.954. The van der Waals surface area contributed by atoms with Crippen molar-refractivity contribution in [3.05, 3.63) is 29.6 Å². The van der Waals surface area contributed by atoms with Gasteiger partial charge in [-0.15, -0.1) is 0 Å². The Morgan fingerprint density at radius 2 is 2.11 bits per heavy atom. The quantitative estimate of drug-likeness (QED) is 0.767. The predicted molar refractivity (Wildman–Crippen MR) is 69.6 cm³/mol. The lowest BCUT2D eigenvalue weighted by Crippen LogP contribution is -2.35. The molecule has 1 atom stereocenters. The zero-order valence-electron chi connectivity index (χ0n) is 10.9. The molecular formula is C13H17FN2O3. The van der Waals surface area contributed by atoms with Crippen LogP contribution in [-0.4, -0.2) is 23.7 Å². The molecule has 104 valence electrons. The largest absolute Gasteiger partial charge is 0.481 e. The van der Waals surface area contributed by atoms with Crippen molar-refractivity contribution in [3.8, 4) is 0 Å². The summed E-state index contributed by atoms with van der Waals surface area (Å²) in [5.41, 5.74) is 0.698. The highest BCUT2D eigenvalue weighted by atomic mass is 19.1. The first-order chi connectivity index (χ1) is 8.95. The third kappa shape index (κ3) is 4.24. The van der Waals surface area contributed by atoms with Gasteiger partial charge < -0.3 is 15.7 Å². The monoisotopic (exact) mass is 268 g/mol. The standard InChI is InChI=1S/C13H17FN2O3/c1-3-9(12(17)18)7-15-13(19)16-11-6-4-5-10(14)8(11)2/h4-6,9H,3,7H2,1-2H3,(H,17,18)(H2,15,16,19). The molecule has 2 amide bonds. The summed E-state index contributed by atoms with van der Waals surface area (Å²) in [5.74, 6) is -1.99. The van der Waals surface area contributed by atoms with Crippen molar-refractivity contribution in [1.82, 2.24) is 5.32 Å². The Kier molecular flexibility index (Phi) is 5.29. The first kappa shape index (κ1) is 14.9. The maximum absolute atomic E-state index is 13.3. The van der Waals surface area contributed by atoms with E-state index in [1.54, 1.807) is 19.9 Å². The van der Waals surface area contributed by atoms with Crippen LogP contribution in [0.5, 0.6) is 0 Å². The maximum Gasteiger partial charge on any atom is 0.319 e. The van der Waals surface area contributed by atoms with Crippen LogP contribution in [0.25, 0.3) is 0 Å². The van der Waals surface area contributed by atoms with Crippen LogP contribution >= 0.6 is 0 Å². The Balaban J connectivity index is 2.56. The van der Waals surface area contributed by atoms with Gasteiger partial charge in [0.25, 0.3) is 0 Å². The van der Waals surface area contributed by atoms with Gasteiger partial charge in [-0.1, -0.05) is 13.0 Å². The molecule has 3 N–H and O–H groups in total. The van der Waals surface area contributed by atoms with Gasteiger partial charge in [-0.05, 0) is 25.5 Å². The van der Waals surface area contributed by atoms with E-state index in [2.05, 4.69) is 10.6 Å². The lowest BCUT2D eigenvalue weighted by Gasteiger charge is -2.13. The van der Waals surface area contributed by atoms with Crippen LogP contribution in [0.15, 0.2) is 18.2 Å². The number of carbonyl (C=O) groups excluding carboxylic acids is 1. The van der Waals surface area contributed by atoms with Gasteiger partial charge in [0, 0.05) is 17.8 Å². The zero-order chi connectivity index (χ0) is 14.4. The molecule has 0 heterocycles. The van der Waals surface area contributed by atoms with Crippen LogP contribution in [0, 0.1) is 18.7 Å². The first-order valence-electron chi connectivity index (χ1n) is 5.98. The van der Waals surface area contributed by atoms with Crippen LogP contribution in [0.1, 0.15) is 18.9 Å². The van der Waals surface area contributed by atoms with E-state index in [9.17, 15) is 14.0 Å². The highest BCUT2D eigenvalue weighted by molar-refractivity contribution is 5.90. The predicted octanol–water partition coefficient (Wildman–Crippen LogP) is 2.37. The van der Waals surface area contributed by atoms with Gasteiger partial charge in [0.05, 0.1) is 5.92 Å². The lowest BCUT2D eigenvalue weighted by molar-refractivity contribution is -0.141. The van der Waals surface area contributed by atoms with Crippen molar-refractivity contribution in [2.45, 2.75) is 20.3 Å². The van der Waals surface area contributed by atoms with Crippen molar-refractivity contribution in [2.75, 3.05) is 11.9 Å². The summed E-state index contributed by atoms with van der Waals surface area (Å²) in [4.78, 5) is 22.4. The molecule has 1 unspecified atom stereocenters. The minimum Gasteiger partial charge on any atom is -0.481 e. The molecule has 0 aliphatic heterocycles. The summed E-state index contributed by atoms with van der Waals surface area (Å²) in [6.45, 7) is 3.32. The third-order valence-corrected chi connectivity index (χ3v) is 2.87. The topological polar surface area (TPSA) is 78.4 Å². The molecule has 0 fully saturated rings. The van der Waals surface area contributed by atoms with Gasteiger partial charge in [0.2, 0.25) is 0 Å². The van der Waals surface area contributed by atoms with E-state index < -0.39 is 23.7 Å². The zero-order valence-corrected chi connectivity index (χ0v) is 10.9. The molecule has 0 bridgehead atoms. The van der Waals surface area contributed by atoms with E-state index in [4.69, 9.17) is 5.11 Å². The van der Waals surface area contributed by atoms with Crippen molar-refractivity contribution in [3.63, 3.8) is 0 Å². The fraction of sp³-hybridized carbons (Fsp3) is 0.385. The fourth-order valence-corrected chi connectivity index (χ4v) is 1.53. The second-order valence-electron chi connectivity index (χ2n) is 4.19. The number of carboxylic acids is 1. The maximum atomic E-state index is 13.3. The summed E-state index contributed by atoms with van der Waals surface area (Å²) < 4.78 is 13.3. The second kappa shape index (κ2) is 6.72. The SMILES string of the molecule is CCC(CNC(=O)Nc1cccc(F)c1C)C(=O)O. The normalized spacial score (nSPS) is 11.7. The van der Waals surface area contributed by atoms with Gasteiger partial charge >= 0.3 is 12.0 Å². The molecular weight excluding hydrogens is 251 g/mol. The number of rotatable bonds is 5. The van der Waals surface area contributed by atoms with Crippen molar-refractivity contribution in [2.24, 2.45) is 5.92 Å². The van der Waals surface area contributed by atoms with Crippen LogP contribution in [0.3, 0.4) is 0 Å². The van der Waals surface area contributed by atoms with E-state index in [1.165, 1.54) is 12.1 Å². The Morgan fingerprint density at radius 3 is 2.68 bits per heavy atom. The number of aliphatic carboxylic acids is 1. The molecule has 0 aromatic heterocycles. The lowest BCUT2D eigenvalue weighted by atomic mass is 10.1. The summed E-state index contributed by atoms with van der Waals surface area (Å²) >= 11 is 0. The van der Waals surface area contributed by atoms with E-state index in [0.29, 0.717) is 17.7 Å². The van der Waals surface area contributed by atoms with Gasteiger partial charge in [-0.3, -0.25) is 4.79 Å². The highest BCUT2D eigenvalue weighted by Crippen LogP contribution is 2.17. The van der Waals surface area contributed by atoms with Crippen molar-refractivity contribution >= 4 is 17.7 Å². The van der Waals surface area contributed by atoms with Crippen molar-refractivity contribution < 1.29 is 19.1 Å². The van der Waals surface area contributed by atoms with Crippen molar-refractivity contribution in [1.29, 1.82) is 0 Å². The number of anilines is 1. The van der Waals surface area contributed by atoms with Crippen LogP contribution in [0.2, 0.25) is 0 Å². The van der Waals surface area contributed by atoms with Crippen LogP contribution < -0.4 is 10.6 Å². The van der Waals surface area contributed by atoms with Gasteiger partial charge in [-0.2, -0.15) is 0 Å². The Hall–Kier alpha value is -2.11. The fourth-order valence-electron chi connectivity index (χ4n) is 1.53. The molecule has 0 spiro atoms. The van der Waals surface area contributed by atoms with E-state index >= 15 is 0 Å². The number of hydrogen-bond donors (Lipinski definition) is 3. The summed E-state index contributed by atoms with van der Waals surface area (Å²) in [5, 5.41) is 13.8. The van der Waals surface area contributed by atoms with Crippen LogP contribution in [-0.2, 0) is 4.79 Å². The number of hydrogen-bond acceptors (Lipinski definition) is 2. The average molecular weight is 268 g/mol. The molecule has 0 aliphatic rings. The highest BCUT2D eigenvalue weighted by Gasteiger charge is 2.16. The first-order valence-corrected chi connectivity index (χ1v) is 5.98. The molecule has 0 saturated heterocycles. The molecule has 1 aromatic carbocycles. The number of urea groups is 1. The smallest absolute Gasteiger partial charge is 0.319 e. The third-order valence-electron chi connectivity index (χ3n) is 2.87. The summed E-state index contributed by atoms with van der Waals surface area (Å²) in [7, 11) is 0. The molecule has 1 aromatic rings. The number of amides is 2. The molecule has 19 heavy (non-hydrogen) atoms. The van der Waals surface area contributed by atoms with E-state index in [0.717, 1.165) is 0 Å². The van der Waals surface area contributed by atoms with E-state index in [1.807, 2.05) is 0 Å². The molecule has 0 aliphatic carbocycles. The van der Waals surface area contributed by atoms with Gasteiger partial charge in [0.15, 0.2) is 0 Å². The molecule has 1 rings (SSSR count). The average Bonchev–Trinajstić information content (AvgIpc) is 2.35. The number of halogens is 1. The Morgan fingerprint density at radius 1 is 1.42 bits per heavy atom. The van der Waals surface area contributed by atoms with E-state index in [-0.39, 0.29) is 6.54 Å². The molecule has 5 nitrogen and oxygen atoms in total. The molecule has 0 radical (unpaired) electrons. The van der Waals surface area contributed by atoms with Gasteiger partial charge in [-0.25, -0.2) is 9.18 Å². The minimum absolute atomic E-state index is 0.0338. The summed E-state index contributed by atoms with van der Waals surface area (Å²) in [6.07, 6.45) is 0.425.